The summed E-state index contributed by atoms with van der Waals surface area (Å²) in [6.45, 7) is 1.86. The predicted octanol–water partition coefficient (Wildman–Crippen LogP) is 3.31. The van der Waals surface area contributed by atoms with E-state index in [-0.39, 0.29) is 0 Å². The minimum Gasteiger partial charge on any atom is -0.496 e. The number of nitrogens with one attached hydrogen (secondary N) is 2. The summed E-state index contributed by atoms with van der Waals surface area (Å²) in [5.74, 6) is 2.22. The summed E-state index contributed by atoms with van der Waals surface area (Å²) in [5.41, 5.74) is 1.96. The topological polar surface area (TPSA) is 68.3 Å². The first-order valence-electron chi connectivity index (χ1n) is 8.17. The number of fused-ring (bicyclic) bond motifs is 1. The van der Waals surface area contributed by atoms with E-state index in [9.17, 15) is 0 Å². The van der Waals surface area contributed by atoms with Gasteiger partial charge in [-0.3, -0.25) is 0 Å². The number of para-hydroxylation sites is 2. The average molecular weight is 338 g/mol. The van der Waals surface area contributed by atoms with E-state index in [0.717, 1.165) is 28.0 Å². The number of hydrogen-bond acceptors (Lipinski definition) is 6. The maximum absolute atomic E-state index is 5.41. The smallest absolute Gasteiger partial charge is 0.225 e. The third-order valence-corrected chi connectivity index (χ3v) is 3.83. The number of methoxy groups -OCH3 is 2. The second kappa shape index (κ2) is 8.30. The maximum Gasteiger partial charge on any atom is 0.225 e. The Morgan fingerprint density at radius 3 is 2.56 bits per heavy atom. The summed E-state index contributed by atoms with van der Waals surface area (Å²) in [6, 6.07) is 15.9. The standard InChI is InChI=1S/C19H22N4O2/c1-24-12-11-20-19-22-16-9-5-4-8-15(16)18(23-19)21-13-14-7-3-6-10-17(14)25-2/h3-10H,11-13H2,1-2H3,(H2,20,21,22,23). The fourth-order valence-electron chi connectivity index (χ4n) is 2.58. The van der Waals surface area contributed by atoms with Gasteiger partial charge in [-0.1, -0.05) is 30.3 Å². The lowest BCUT2D eigenvalue weighted by atomic mass is 10.2. The van der Waals surface area contributed by atoms with Gasteiger partial charge in [-0.2, -0.15) is 4.98 Å². The summed E-state index contributed by atoms with van der Waals surface area (Å²) in [4.78, 5) is 9.17. The molecule has 1 heterocycles. The third kappa shape index (κ3) is 4.16. The normalized spacial score (nSPS) is 10.6. The number of nitrogens with zero attached hydrogens (tertiary/aromatic N) is 2. The molecule has 0 radical (unpaired) electrons. The molecule has 0 aliphatic heterocycles. The van der Waals surface area contributed by atoms with Crippen molar-refractivity contribution in [2.75, 3.05) is 38.0 Å². The molecule has 0 aliphatic carbocycles. The Morgan fingerprint density at radius 2 is 1.72 bits per heavy atom. The minimum atomic E-state index is 0.582. The van der Waals surface area contributed by atoms with E-state index in [2.05, 4.69) is 20.6 Å². The van der Waals surface area contributed by atoms with Gasteiger partial charge in [0.15, 0.2) is 0 Å². The van der Waals surface area contributed by atoms with Gasteiger partial charge in [0, 0.05) is 31.1 Å². The predicted molar refractivity (Wildman–Crippen MR) is 100 cm³/mol. The zero-order chi connectivity index (χ0) is 17.5. The molecule has 0 fully saturated rings. The van der Waals surface area contributed by atoms with Crippen LogP contribution in [0.25, 0.3) is 10.9 Å². The van der Waals surface area contributed by atoms with Crippen molar-refractivity contribution in [2.45, 2.75) is 6.54 Å². The molecule has 2 aromatic carbocycles. The quantitative estimate of drug-likeness (QED) is 0.614. The van der Waals surface area contributed by atoms with E-state index in [1.54, 1.807) is 14.2 Å². The van der Waals surface area contributed by atoms with Gasteiger partial charge in [0.2, 0.25) is 5.95 Å². The Balaban J connectivity index is 1.85. The molecule has 6 nitrogen and oxygen atoms in total. The van der Waals surface area contributed by atoms with Crippen molar-refractivity contribution in [2.24, 2.45) is 0 Å². The second-order valence-electron chi connectivity index (χ2n) is 5.50. The van der Waals surface area contributed by atoms with Crippen molar-refractivity contribution in [3.05, 3.63) is 54.1 Å². The van der Waals surface area contributed by atoms with Gasteiger partial charge in [-0.25, -0.2) is 4.98 Å². The molecule has 0 atom stereocenters. The van der Waals surface area contributed by atoms with E-state index in [1.165, 1.54) is 0 Å². The van der Waals surface area contributed by atoms with Crippen LogP contribution in [0, 0.1) is 0 Å². The van der Waals surface area contributed by atoms with Crippen LogP contribution in [0.2, 0.25) is 0 Å². The molecule has 0 bridgehead atoms. The summed E-state index contributed by atoms with van der Waals surface area (Å²) in [6.07, 6.45) is 0. The highest BCUT2D eigenvalue weighted by Gasteiger charge is 2.08. The van der Waals surface area contributed by atoms with Crippen LogP contribution < -0.4 is 15.4 Å². The Morgan fingerprint density at radius 1 is 0.920 bits per heavy atom. The lowest BCUT2D eigenvalue weighted by Crippen LogP contribution is -2.12. The SMILES string of the molecule is COCCNc1nc(NCc2ccccc2OC)c2ccccc2n1. The Hall–Kier alpha value is -2.86. The van der Waals surface area contributed by atoms with Crippen LogP contribution in [-0.2, 0) is 11.3 Å². The van der Waals surface area contributed by atoms with Gasteiger partial charge in [-0.15, -0.1) is 0 Å². The fraction of sp³-hybridized carbons (Fsp3) is 0.263. The number of rotatable bonds is 8. The fourth-order valence-corrected chi connectivity index (χ4v) is 2.58. The average Bonchev–Trinajstić information content (AvgIpc) is 2.66. The molecule has 130 valence electrons. The molecule has 0 saturated heterocycles. The van der Waals surface area contributed by atoms with Gasteiger partial charge in [0.1, 0.15) is 11.6 Å². The first kappa shape index (κ1) is 17.0. The van der Waals surface area contributed by atoms with E-state index >= 15 is 0 Å². The van der Waals surface area contributed by atoms with Crippen LogP contribution in [0.4, 0.5) is 11.8 Å². The van der Waals surface area contributed by atoms with Crippen LogP contribution >= 0.6 is 0 Å². The zero-order valence-electron chi connectivity index (χ0n) is 14.5. The third-order valence-electron chi connectivity index (χ3n) is 3.83. The molecule has 0 aliphatic rings. The highest BCUT2D eigenvalue weighted by atomic mass is 16.5. The largest absolute Gasteiger partial charge is 0.496 e. The minimum absolute atomic E-state index is 0.582. The molecule has 0 spiro atoms. The summed E-state index contributed by atoms with van der Waals surface area (Å²) in [5, 5.41) is 7.58. The van der Waals surface area contributed by atoms with Gasteiger partial charge in [0.25, 0.3) is 0 Å². The Kier molecular flexibility index (Phi) is 5.64. The zero-order valence-corrected chi connectivity index (χ0v) is 14.5. The number of aromatic nitrogens is 2. The molecule has 0 amide bonds. The molecule has 6 heteroatoms. The molecule has 3 rings (SSSR count). The maximum atomic E-state index is 5.41. The molecule has 0 saturated carbocycles. The molecule has 2 N–H and O–H groups in total. The van der Waals surface area contributed by atoms with Crippen molar-refractivity contribution in [3.63, 3.8) is 0 Å². The first-order valence-corrected chi connectivity index (χ1v) is 8.17. The second-order valence-corrected chi connectivity index (χ2v) is 5.50. The van der Waals surface area contributed by atoms with E-state index in [0.29, 0.717) is 25.6 Å². The molecule has 25 heavy (non-hydrogen) atoms. The monoisotopic (exact) mass is 338 g/mol. The number of anilines is 2. The first-order chi connectivity index (χ1) is 12.3. The Bertz CT molecular complexity index is 839. The van der Waals surface area contributed by atoms with Gasteiger partial charge < -0.3 is 20.1 Å². The van der Waals surface area contributed by atoms with Crippen LogP contribution in [0.5, 0.6) is 5.75 Å². The number of benzene rings is 2. The van der Waals surface area contributed by atoms with Crippen molar-refractivity contribution in [3.8, 4) is 5.75 Å². The molecule has 3 aromatic rings. The summed E-state index contributed by atoms with van der Waals surface area (Å²) < 4.78 is 10.5. The van der Waals surface area contributed by atoms with Crippen molar-refractivity contribution in [1.29, 1.82) is 0 Å². The summed E-state index contributed by atoms with van der Waals surface area (Å²) >= 11 is 0. The molecule has 0 unspecified atom stereocenters. The van der Waals surface area contributed by atoms with E-state index in [1.807, 2.05) is 48.5 Å². The lowest BCUT2D eigenvalue weighted by molar-refractivity contribution is 0.210. The van der Waals surface area contributed by atoms with Crippen molar-refractivity contribution in [1.82, 2.24) is 9.97 Å². The van der Waals surface area contributed by atoms with E-state index in [4.69, 9.17) is 9.47 Å². The Labute approximate surface area is 147 Å². The van der Waals surface area contributed by atoms with Crippen LogP contribution in [0.15, 0.2) is 48.5 Å². The van der Waals surface area contributed by atoms with Crippen molar-refractivity contribution < 1.29 is 9.47 Å². The highest BCUT2D eigenvalue weighted by molar-refractivity contribution is 5.90. The number of hydrogen-bond donors (Lipinski definition) is 2. The summed E-state index contributed by atoms with van der Waals surface area (Å²) in [7, 11) is 3.35. The highest BCUT2D eigenvalue weighted by Crippen LogP contribution is 2.24. The molecular formula is C19H22N4O2. The van der Waals surface area contributed by atoms with E-state index < -0.39 is 0 Å². The van der Waals surface area contributed by atoms with Gasteiger partial charge in [0.05, 0.1) is 19.2 Å². The number of ether oxygens (including phenoxy) is 2. The molecule has 1 aromatic heterocycles. The van der Waals surface area contributed by atoms with Crippen molar-refractivity contribution >= 4 is 22.7 Å². The van der Waals surface area contributed by atoms with Gasteiger partial charge >= 0.3 is 0 Å². The van der Waals surface area contributed by atoms with Crippen LogP contribution in [0.1, 0.15) is 5.56 Å². The van der Waals surface area contributed by atoms with Gasteiger partial charge in [-0.05, 0) is 18.2 Å². The van der Waals surface area contributed by atoms with Crippen LogP contribution in [0.3, 0.4) is 0 Å². The van der Waals surface area contributed by atoms with Crippen LogP contribution in [-0.4, -0.2) is 37.3 Å². The lowest BCUT2D eigenvalue weighted by Gasteiger charge is -2.13. The molecular weight excluding hydrogens is 316 g/mol.